The van der Waals surface area contributed by atoms with Crippen LogP contribution in [0.5, 0.6) is 0 Å². The van der Waals surface area contributed by atoms with Crippen LogP contribution in [-0.4, -0.2) is 64.2 Å². The molecular formula is C31H34O9. The van der Waals surface area contributed by atoms with Gasteiger partial charge >= 0.3 is 11.9 Å². The Morgan fingerprint density at radius 1 is 1.18 bits per heavy atom. The minimum absolute atomic E-state index is 0.00112. The molecule has 0 unspecified atom stereocenters. The zero-order valence-electron chi connectivity index (χ0n) is 23.1. The van der Waals surface area contributed by atoms with Gasteiger partial charge in [-0.25, -0.2) is 14.5 Å². The fourth-order valence-corrected chi connectivity index (χ4v) is 11.2. The van der Waals surface area contributed by atoms with Crippen LogP contribution in [0.15, 0.2) is 45.6 Å². The summed E-state index contributed by atoms with van der Waals surface area (Å²) in [4.78, 5) is 46.4. The number of allylic oxidation sites excluding steroid dienone is 1. The van der Waals surface area contributed by atoms with Crippen molar-refractivity contribution < 1.29 is 44.2 Å². The van der Waals surface area contributed by atoms with E-state index in [1.807, 2.05) is 6.92 Å². The number of aliphatic hydroxyl groups excluding tert-OH is 2. The summed E-state index contributed by atoms with van der Waals surface area (Å²) in [7, 11) is 1.22. The van der Waals surface area contributed by atoms with E-state index in [-0.39, 0.29) is 34.5 Å². The summed E-state index contributed by atoms with van der Waals surface area (Å²) >= 11 is 0. The first-order valence-corrected chi connectivity index (χ1v) is 14.3. The summed E-state index contributed by atoms with van der Waals surface area (Å²) in [5.74, 6) is -2.03. The lowest BCUT2D eigenvalue weighted by Crippen LogP contribution is -2.66. The van der Waals surface area contributed by atoms with Crippen LogP contribution in [0.4, 0.5) is 0 Å². The molecule has 0 bridgehead atoms. The summed E-state index contributed by atoms with van der Waals surface area (Å²) < 4.78 is 11.5. The maximum atomic E-state index is 14.2. The Kier molecular flexibility index (Phi) is 4.44. The van der Waals surface area contributed by atoms with Gasteiger partial charge in [0, 0.05) is 28.1 Å². The molecule has 40 heavy (non-hydrogen) atoms. The van der Waals surface area contributed by atoms with E-state index in [4.69, 9.17) is 14.4 Å². The van der Waals surface area contributed by atoms with Gasteiger partial charge in [-0.1, -0.05) is 26.0 Å². The summed E-state index contributed by atoms with van der Waals surface area (Å²) in [5.41, 5.74) is -1.36. The molecule has 0 radical (unpaired) electrons. The lowest BCUT2D eigenvalue weighted by atomic mass is 9.43. The molecule has 9 nitrogen and oxygen atoms in total. The van der Waals surface area contributed by atoms with E-state index in [1.54, 1.807) is 0 Å². The third kappa shape index (κ3) is 2.25. The van der Waals surface area contributed by atoms with Crippen molar-refractivity contribution in [3.05, 3.63) is 45.6 Å². The molecule has 212 valence electrons. The highest BCUT2D eigenvalue weighted by Crippen LogP contribution is 2.83. The molecule has 0 aromatic heterocycles. The van der Waals surface area contributed by atoms with Crippen LogP contribution in [0.25, 0.3) is 0 Å². The molecule has 11 atom stereocenters. The van der Waals surface area contributed by atoms with Gasteiger partial charge in [-0.2, -0.15) is 0 Å². The molecule has 1 heterocycles. The van der Waals surface area contributed by atoms with Crippen molar-refractivity contribution in [1.82, 2.24) is 0 Å². The predicted octanol–water partition coefficient (Wildman–Crippen LogP) is 2.44. The van der Waals surface area contributed by atoms with E-state index < -0.39 is 58.4 Å². The average Bonchev–Trinajstić information content (AvgIpc) is 3.84. The van der Waals surface area contributed by atoms with Crippen LogP contribution in [0.1, 0.15) is 46.5 Å². The molecule has 0 aromatic rings. The van der Waals surface area contributed by atoms with Gasteiger partial charge in [-0.05, 0) is 78.8 Å². The Labute approximate surface area is 231 Å². The number of hydrogen-bond donors (Lipinski definition) is 3. The quantitative estimate of drug-likeness (QED) is 0.159. The van der Waals surface area contributed by atoms with E-state index in [0.29, 0.717) is 47.8 Å². The first-order valence-electron chi connectivity index (χ1n) is 14.3. The SMILES string of the molecule is C=C1[C@H]2C[C@H]2[C@]2(C)[C@@H]1CC1=C(CO)C(=O)O[C@]13C1=C4[C@](C)([C@@H]5C[C@@H]5[C@@]4(OO)C[C@H]32)[C@@H](O)C(=O)/C1=C(/C)C(=O)OC. The van der Waals surface area contributed by atoms with Crippen LogP contribution in [0.2, 0.25) is 0 Å². The summed E-state index contributed by atoms with van der Waals surface area (Å²) in [6.07, 6.45) is 0.936. The second kappa shape index (κ2) is 7.06. The Balaban J connectivity index is 1.54. The predicted molar refractivity (Wildman–Crippen MR) is 137 cm³/mol. The molecule has 3 N–H and O–H groups in total. The number of esters is 2. The largest absolute Gasteiger partial charge is 0.466 e. The van der Waals surface area contributed by atoms with Crippen molar-refractivity contribution in [2.24, 2.45) is 46.3 Å². The van der Waals surface area contributed by atoms with E-state index in [2.05, 4.69) is 13.5 Å². The molecule has 1 spiro atoms. The van der Waals surface area contributed by atoms with Crippen LogP contribution in [-0.2, 0) is 28.7 Å². The second-order valence-electron chi connectivity index (χ2n) is 13.9. The van der Waals surface area contributed by atoms with Crippen LogP contribution in [0.3, 0.4) is 0 Å². The van der Waals surface area contributed by atoms with Gasteiger partial charge in [0.2, 0.25) is 0 Å². The molecule has 8 aliphatic rings. The van der Waals surface area contributed by atoms with Crippen molar-refractivity contribution in [3.63, 3.8) is 0 Å². The number of ether oxygens (including phenoxy) is 2. The first kappa shape index (κ1) is 25.1. The molecule has 1 aliphatic heterocycles. The van der Waals surface area contributed by atoms with E-state index in [0.717, 1.165) is 12.0 Å². The van der Waals surface area contributed by atoms with Crippen molar-refractivity contribution in [1.29, 1.82) is 0 Å². The van der Waals surface area contributed by atoms with Crippen LogP contribution >= 0.6 is 0 Å². The highest BCUT2D eigenvalue weighted by atomic mass is 17.1. The van der Waals surface area contributed by atoms with Crippen molar-refractivity contribution in [2.45, 2.75) is 63.8 Å². The number of hydrogen-bond acceptors (Lipinski definition) is 9. The monoisotopic (exact) mass is 550 g/mol. The standard InChI is InChI=1S/C31H34O9/c1-11-13-6-16(13)28(3)15(11)7-17-14(10-32)27(36)39-31(17)20(28)9-30(40-37)19-8-18(19)29(4)24(30)22(31)21(23(33)25(29)34)12(2)26(35)38-5/h13,15-16,18-20,25,32,34,37H,1,6-10H2,2-5H3/b21-12-/t13-,15-,16-,18-,19+,20+,25+,28+,29+,30+,31-/m1/s1. The van der Waals surface area contributed by atoms with Gasteiger partial charge in [0.15, 0.2) is 11.4 Å². The zero-order valence-corrected chi connectivity index (χ0v) is 23.1. The minimum Gasteiger partial charge on any atom is -0.466 e. The van der Waals surface area contributed by atoms with Crippen molar-refractivity contribution in [2.75, 3.05) is 13.7 Å². The highest BCUT2D eigenvalue weighted by molar-refractivity contribution is 6.12. The van der Waals surface area contributed by atoms with Gasteiger partial charge in [-0.15, -0.1) is 0 Å². The summed E-state index contributed by atoms with van der Waals surface area (Å²) in [5, 5.41) is 32.9. The van der Waals surface area contributed by atoms with Gasteiger partial charge in [0.25, 0.3) is 0 Å². The molecule has 9 heteroatoms. The van der Waals surface area contributed by atoms with E-state index >= 15 is 0 Å². The Morgan fingerprint density at radius 3 is 2.55 bits per heavy atom. The Hall–Kier alpha value is -2.59. The number of aliphatic hydroxyl groups is 2. The van der Waals surface area contributed by atoms with Crippen molar-refractivity contribution in [3.8, 4) is 0 Å². The molecule has 0 saturated heterocycles. The van der Waals surface area contributed by atoms with Crippen molar-refractivity contribution >= 4 is 17.7 Å². The number of fused-ring (bicyclic) bond motifs is 7. The highest BCUT2D eigenvalue weighted by Gasteiger charge is 2.84. The molecule has 5 saturated carbocycles. The topological polar surface area (TPSA) is 140 Å². The minimum atomic E-state index is -1.48. The second-order valence-corrected chi connectivity index (χ2v) is 13.9. The molecule has 5 fully saturated rings. The van der Waals surface area contributed by atoms with Gasteiger partial charge in [-0.3, -0.25) is 10.1 Å². The maximum Gasteiger partial charge on any atom is 0.337 e. The van der Waals surface area contributed by atoms with Crippen LogP contribution < -0.4 is 0 Å². The number of carbonyl (C=O) groups is 3. The third-order valence-corrected chi connectivity index (χ3v) is 13.0. The first-order chi connectivity index (χ1) is 18.9. The number of carbonyl (C=O) groups excluding carboxylic acids is 3. The van der Waals surface area contributed by atoms with E-state index in [1.165, 1.54) is 14.0 Å². The number of Topliss-reactive ketones (excluding diaryl/α,β-unsaturated/α-hetero) is 1. The summed E-state index contributed by atoms with van der Waals surface area (Å²) in [6.45, 7) is 9.45. The van der Waals surface area contributed by atoms with Gasteiger partial charge < -0.3 is 19.7 Å². The average molecular weight is 551 g/mol. The smallest absolute Gasteiger partial charge is 0.337 e. The van der Waals surface area contributed by atoms with Crippen LogP contribution in [0, 0.1) is 46.3 Å². The number of methoxy groups -OCH3 is 1. The molecule has 0 amide bonds. The molecular weight excluding hydrogens is 516 g/mol. The lowest BCUT2D eigenvalue weighted by Gasteiger charge is -2.62. The normalized spacial score (nSPS) is 51.9. The fourth-order valence-electron chi connectivity index (χ4n) is 11.2. The summed E-state index contributed by atoms with van der Waals surface area (Å²) in [6, 6.07) is 0. The fraction of sp³-hybridized carbons (Fsp3) is 0.645. The zero-order chi connectivity index (χ0) is 28.5. The third-order valence-electron chi connectivity index (χ3n) is 13.0. The Morgan fingerprint density at radius 2 is 1.90 bits per heavy atom. The number of rotatable bonds is 3. The molecule has 7 aliphatic carbocycles. The Bertz CT molecular complexity index is 1480. The van der Waals surface area contributed by atoms with Gasteiger partial charge in [0.05, 0.1) is 19.3 Å². The lowest BCUT2D eigenvalue weighted by molar-refractivity contribution is -0.329. The van der Waals surface area contributed by atoms with E-state index in [9.17, 15) is 29.9 Å². The van der Waals surface area contributed by atoms with Gasteiger partial charge in [0.1, 0.15) is 11.7 Å². The molecule has 0 aromatic carbocycles. The number of ketones is 1. The molecule has 8 rings (SSSR count). The maximum absolute atomic E-state index is 14.2.